The Morgan fingerprint density at radius 3 is 2.61 bits per heavy atom. The molecule has 31 heavy (non-hydrogen) atoms. The number of rotatable bonds is 4. The second-order valence-corrected chi connectivity index (χ2v) is 10.9. The summed E-state index contributed by atoms with van der Waals surface area (Å²) in [5.41, 5.74) is 3.81. The van der Waals surface area contributed by atoms with E-state index in [4.69, 9.17) is 0 Å². The van der Waals surface area contributed by atoms with Crippen molar-refractivity contribution >= 4 is 45.0 Å². The Morgan fingerprint density at radius 2 is 1.90 bits per heavy atom. The fourth-order valence-electron chi connectivity index (χ4n) is 3.79. The largest absolute Gasteiger partial charge is 0.324 e. The van der Waals surface area contributed by atoms with Gasteiger partial charge in [0.25, 0.3) is 5.91 Å². The van der Waals surface area contributed by atoms with Gasteiger partial charge in [0, 0.05) is 23.5 Å². The number of carbonyl (C=O) groups excluding carboxylic acids is 2. The highest BCUT2D eigenvalue weighted by Crippen LogP contribution is 2.28. The standard InChI is InChI=1S/C22H25N3O4S2/c1-15-7-8-18(11-16(15)2)23-21(26)20-13-30-14-24(20)22(27)17-5-3-6-19(12-17)25-9-4-10-31(25,28)29/h3,5-8,11-12,20H,4,9-10,13-14H2,1-2H3,(H,23,26). The van der Waals surface area contributed by atoms with Crippen molar-refractivity contribution in [1.82, 2.24) is 4.90 Å². The molecule has 2 saturated heterocycles. The number of nitrogens with zero attached hydrogens (tertiary/aromatic N) is 2. The Morgan fingerprint density at radius 1 is 1.10 bits per heavy atom. The fraction of sp³-hybridized carbons (Fsp3) is 0.364. The van der Waals surface area contributed by atoms with Crippen LogP contribution in [0, 0.1) is 13.8 Å². The zero-order valence-electron chi connectivity index (χ0n) is 17.5. The number of carbonyl (C=O) groups is 2. The van der Waals surface area contributed by atoms with Gasteiger partial charge < -0.3 is 10.2 Å². The number of amides is 2. The van der Waals surface area contributed by atoms with E-state index < -0.39 is 16.1 Å². The predicted molar refractivity (Wildman–Crippen MR) is 124 cm³/mol. The molecule has 0 spiro atoms. The lowest BCUT2D eigenvalue weighted by Gasteiger charge is -2.24. The summed E-state index contributed by atoms with van der Waals surface area (Å²) in [7, 11) is -3.33. The molecule has 1 unspecified atom stereocenters. The number of aryl methyl sites for hydroxylation is 2. The van der Waals surface area contributed by atoms with E-state index in [1.807, 2.05) is 32.0 Å². The maximum Gasteiger partial charge on any atom is 0.255 e. The molecule has 1 atom stereocenters. The van der Waals surface area contributed by atoms with E-state index in [1.54, 1.807) is 29.2 Å². The van der Waals surface area contributed by atoms with Crippen molar-refractivity contribution in [2.75, 3.05) is 33.5 Å². The first-order valence-corrected chi connectivity index (χ1v) is 12.9. The van der Waals surface area contributed by atoms with Gasteiger partial charge in [-0.15, -0.1) is 11.8 Å². The summed E-state index contributed by atoms with van der Waals surface area (Å²) in [6, 6.07) is 11.8. The Hall–Kier alpha value is -2.52. The molecule has 2 fully saturated rings. The zero-order valence-corrected chi connectivity index (χ0v) is 19.1. The lowest BCUT2D eigenvalue weighted by atomic mass is 10.1. The van der Waals surface area contributed by atoms with Gasteiger partial charge in [0.05, 0.1) is 17.3 Å². The smallest absolute Gasteiger partial charge is 0.255 e. The molecule has 0 aromatic heterocycles. The number of sulfonamides is 1. The third-order valence-electron chi connectivity index (χ3n) is 5.70. The van der Waals surface area contributed by atoms with E-state index in [1.165, 1.54) is 16.1 Å². The number of anilines is 2. The fourth-order valence-corrected chi connectivity index (χ4v) is 6.50. The molecule has 9 heteroatoms. The van der Waals surface area contributed by atoms with Crippen LogP contribution in [-0.2, 0) is 14.8 Å². The van der Waals surface area contributed by atoms with Gasteiger partial charge in [-0.05, 0) is 61.7 Å². The zero-order chi connectivity index (χ0) is 22.2. The molecule has 164 valence electrons. The minimum Gasteiger partial charge on any atom is -0.324 e. The highest BCUT2D eigenvalue weighted by atomic mass is 32.2. The second-order valence-electron chi connectivity index (χ2n) is 7.87. The minimum atomic E-state index is -3.33. The summed E-state index contributed by atoms with van der Waals surface area (Å²) < 4.78 is 25.8. The van der Waals surface area contributed by atoms with Crippen LogP contribution in [-0.4, -0.2) is 55.1 Å². The van der Waals surface area contributed by atoms with Crippen molar-refractivity contribution in [2.24, 2.45) is 0 Å². The van der Waals surface area contributed by atoms with Crippen LogP contribution in [0.2, 0.25) is 0 Å². The van der Waals surface area contributed by atoms with Crippen LogP contribution in [0.3, 0.4) is 0 Å². The van der Waals surface area contributed by atoms with E-state index in [0.717, 1.165) is 11.1 Å². The number of benzene rings is 2. The third-order valence-corrected chi connectivity index (χ3v) is 8.58. The molecular formula is C22H25N3O4S2. The molecule has 7 nitrogen and oxygen atoms in total. The van der Waals surface area contributed by atoms with Crippen molar-refractivity contribution in [3.8, 4) is 0 Å². The Balaban J connectivity index is 1.52. The van der Waals surface area contributed by atoms with Crippen LogP contribution >= 0.6 is 11.8 Å². The van der Waals surface area contributed by atoms with E-state index in [0.29, 0.717) is 41.5 Å². The third kappa shape index (κ3) is 4.43. The summed E-state index contributed by atoms with van der Waals surface area (Å²) >= 11 is 1.52. The molecule has 2 aliphatic rings. The number of hydrogen-bond acceptors (Lipinski definition) is 5. The summed E-state index contributed by atoms with van der Waals surface area (Å²) in [6.45, 7) is 4.41. The Bertz CT molecular complexity index is 1130. The maximum atomic E-state index is 13.2. The van der Waals surface area contributed by atoms with Crippen LogP contribution in [0.5, 0.6) is 0 Å². The molecule has 2 heterocycles. The first-order chi connectivity index (χ1) is 14.8. The van der Waals surface area contributed by atoms with Gasteiger partial charge >= 0.3 is 0 Å². The summed E-state index contributed by atoms with van der Waals surface area (Å²) in [5.74, 6) is 0.552. The van der Waals surface area contributed by atoms with Crippen LogP contribution in [0.15, 0.2) is 42.5 Å². The van der Waals surface area contributed by atoms with Gasteiger partial charge in [-0.3, -0.25) is 13.9 Å². The molecular weight excluding hydrogens is 434 g/mol. The van der Waals surface area contributed by atoms with Crippen LogP contribution in [0.4, 0.5) is 11.4 Å². The SMILES string of the molecule is Cc1ccc(NC(=O)C2CSCN2C(=O)c2cccc(N3CCCS3(=O)=O)c2)cc1C. The molecule has 2 amide bonds. The topological polar surface area (TPSA) is 86.8 Å². The van der Waals surface area contributed by atoms with Gasteiger partial charge in [0.1, 0.15) is 6.04 Å². The Kier molecular flexibility index (Phi) is 5.98. The van der Waals surface area contributed by atoms with E-state index >= 15 is 0 Å². The van der Waals surface area contributed by atoms with Crippen molar-refractivity contribution < 1.29 is 18.0 Å². The molecule has 0 saturated carbocycles. The van der Waals surface area contributed by atoms with Gasteiger partial charge in [-0.25, -0.2) is 8.42 Å². The van der Waals surface area contributed by atoms with E-state index in [9.17, 15) is 18.0 Å². The molecule has 0 aliphatic carbocycles. The lowest BCUT2D eigenvalue weighted by Crippen LogP contribution is -2.44. The monoisotopic (exact) mass is 459 g/mol. The van der Waals surface area contributed by atoms with Gasteiger partial charge in [-0.2, -0.15) is 0 Å². The molecule has 1 N–H and O–H groups in total. The van der Waals surface area contributed by atoms with Crippen molar-refractivity contribution in [3.63, 3.8) is 0 Å². The highest BCUT2D eigenvalue weighted by Gasteiger charge is 2.36. The average molecular weight is 460 g/mol. The molecule has 0 radical (unpaired) electrons. The molecule has 4 rings (SSSR count). The first kappa shape index (κ1) is 21.7. The van der Waals surface area contributed by atoms with Crippen molar-refractivity contribution in [2.45, 2.75) is 26.3 Å². The van der Waals surface area contributed by atoms with Crippen molar-refractivity contribution in [3.05, 3.63) is 59.2 Å². The molecule has 0 bridgehead atoms. The van der Waals surface area contributed by atoms with Gasteiger partial charge in [-0.1, -0.05) is 12.1 Å². The highest BCUT2D eigenvalue weighted by molar-refractivity contribution is 7.99. The minimum absolute atomic E-state index is 0.120. The Labute approximate surface area is 186 Å². The van der Waals surface area contributed by atoms with E-state index in [2.05, 4.69) is 5.32 Å². The number of hydrogen-bond donors (Lipinski definition) is 1. The molecule has 2 aromatic carbocycles. The molecule has 2 aliphatic heterocycles. The average Bonchev–Trinajstić information content (AvgIpc) is 3.36. The predicted octanol–water partition coefficient (Wildman–Crippen LogP) is 3.00. The summed E-state index contributed by atoms with van der Waals surface area (Å²) in [5, 5.41) is 2.92. The van der Waals surface area contributed by atoms with Crippen LogP contribution in [0.1, 0.15) is 27.9 Å². The first-order valence-electron chi connectivity index (χ1n) is 10.1. The number of nitrogens with one attached hydrogen (secondary N) is 1. The normalized spacial score (nSPS) is 20.1. The number of thioether (sulfide) groups is 1. The van der Waals surface area contributed by atoms with E-state index in [-0.39, 0.29) is 17.6 Å². The van der Waals surface area contributed by atoms with Crippen molar-refractivity contribution in [1.29, 1.82) is 0 Å². The lowest BCUT2D eigenvalue weighted by molar-refractivity contribution is -0.119. The quantitative estimate of drug-likeness (QED) is 0.760. The van der Waals surface area contributed by atoms with Crippen LogP contribution in [0.25, 0.3) is 0 Å². The summed E-state index contributed by atoms with van der Waals surface area (Å²) in [4.78, 5) is 27.7. The van der Waals surface area contributed by atoms with Crippen LogP contribution < -0.4 is 9.62 Å². The molecule has 2 aromatic rings. The van der Waals surface area contributed by atoms with Gasteiger partial charge in [0.15, 0.2) is 0 Å². The van der Waals surface area contributed by atoms with Gasteiger partial charge in [0.2, 0.25) is 15.9 Å². The maximum absolute atomic E-state index is 13.2. The summed E-state index contributed by atoms with van der Waals surface area (Å²) in [6.07, 6.45) is 0.573. The second kappa shape index (κ2) is 8.55.